The van der Waals surface area contributed by atoms with Crippen LogP contribution in [0.4, 0.5) is 0 Å². The lowest BCUT2D eigenvalue weighted by molar-refractivity contribution is -0.154. The van der Waals surface area contributed by atoms with E-state index in [2.05, 4.69) is 6.92 Å². The summed E-state index contributed by atoms with van der Waals surface area (Å²) in [7, 11) is 0. The third-order valence-electron chi connectivity index (χ3n) is 3.46. The van der Waals surface area contributed by atoms with Crippen molar-refractivity contribution in [3.8, 4) is 0 Å². The molecule has 0 radical (unpaired) electrons. The van der Waals surface area contributed by atoms with Crippen molar-refractivity contribution in [1.82, 2.24) is 0 Å². The maximum absolute atomic E-state index is 11.8. The van der Waals surface area contributed by atoms with Crippen LogP contribution in [-0.2, 0) is 14.3 Å². The van der Waals surface area contributed by atoms with Gasteiger partial charge in [0.1, 0.15) is 0 Å². The van der Waals surface area contributed by atoms with Crippen LogP contribution in [-0.4, -0.2) is 11.9 Å². The first kappa shape index (κ1) is 10.4. The van der Waals surface area contributed by atoms with Gasteiger partial charge in [-0.2, -0.15) is 0 Å². The van der Waals surface area contributed by atoms with Gasteiger partial charge in [0.05, 0.1) is 11.3 Å². The molecular formula is C12H16O3. The lowest BCUT2D eigenvalue weighted by Crippen LogP contribution is -2.33. The predicted molar refractivity (Wildman–Crippen MR) is 54.9 cm³/mol. The van der Waals surface area contributed by atoms with E-state index < -0.39 is 5.41 Å². The Kier molecular flexibility index (Phi) is 2.63. The van der Waals surface area contributed by atoms with Gasteiger partial charge in [-0.05, 0) is 19.3 Å². The van der Waals surface area contributed by atoms with Gasteiger partial charge in [0.2, 0.25) is 0 Å². The van der Waals surface area contributed by atoms with Crippen LogP contribution in [0.25, 0.3) is 0 Å². The van der Waals surface area contributed by atoms with Crippen LogP contribution in [0.5, 0.6) is 0 Å². The van der Waals surface area contributed by atoms with E-state index in [4.69, 9.17) is 4.74 Å². The van der Waals surface area contributed by atoms with E-state index in [-0.39, 0.29) is 17.9 Å². The Morgan fingerprint density at radius 2 is 2.33 bits per heavy atom. The van der Waals surface area contributed by atoms with Gasteiger partial charge in [0.25, 0.3) is 0 Å². The number of fused-ring (bicyclic) bond motifs is 1. The highest BCUT2D eigenvalue weighted by atomic mass is 16.6. The molecule has 2 unspecified atom stereocenters. The second kappa shape index (κ2) is 3.80. The van der Waals surface area contributed by atoms with Crippen molar-refractivity contribution in [3.63, 3.8) is 0 Å². The lowest BCUT2D eigenvalue weighted by atomic mass is 9.69. The molecule has 1 saturated heterocycles. The molecule has 0 aromatic rings. The summed E-state index contributed by atoms with van der Waals surface area (Å²) in [6.07, 6.45) is 8.28. The number of esters is 2. The molecule has 2 atom stereocenters. The van der Waals surface area contributed by atoms with Gasteiger partial charge in [-0.3, -0.25) is 9.59 Å². The average Bonchev–Trinajstić information content (AvgIpc) is 2.50. The van der Waals surface area contributed by atoms with Crippen LogP contribution < -0.4 is 0 Å². The fraction of sp³-hybridized carbons (Fsp3) is 0.667. The Bertz CT molecular complexity index is 319. The quantitative estimate of drug-likeness (QED) is 0.406. The normalized spacial score (nSPS) is 34.1. The predicted octanol–water partition coefficient (Wildman–Crippen LogP) is 2.21. The summed E-state index contributed by atoms with van der Waals surface area (Å²) >= 11 is 0. The number of cyclic esters (lactones) is 2. The highest BCUT2D eigenvalue weighted by Crippen LogP contribution is 2.47. The molecule has 1 fully saturated rings. The van der Waals surface area contributed by atoms with Crippen molar-refractivity contribution < 1.29 is 14.3 Å². The van der Waals surface area contributed by atoms with Crippen molar-refractivity contribution in [2.24, 2.45) is 11.3 Å². The maximum atomic E-state index is 11.8. The Labute approximate surface area is 89.5 Å². The maximum Gasteiger partial charge on any atom is 0.324 e. The summed E-state index contributed by atoms with van der Waals surface area (Å²) < 4.78 is 4.78. The molecule has 1 heterocycles. The summed E-state index contributed by atoms with van der Waals surface area (Å²) in [5.41, 5.74) is -0.620. The van der Waals surface area contributed by atoms with Gasteiger partial charge in [-0.1, -0.05) is 31.9 Å². The van der Waals surface area contributed by atoms with Crippen LogP contribution in [0.15, 0.2) is 12.2 Å². The van der Waals surface area contributed by atoms with Gasteiger partial charge in [0, 0.05) is 0 Å². The average molecular weight is 208 g/mol. The topological polar surface area (TPSA) is 43.4 Å². The summed E-state index contributed by atoms with van der Waals surface area (Å²) in [5, 5.41) is 0. The molecule has 82 valence electrons. The molecule has 2 rings (SSSR count). The summed E-state index contributed by atoms with van der Waals surface area (Å²) in [6.45, 7) is 2.08. The fourth-order valence-electron chi connectivity index (χ4n) is 2.56. The zero-order chi connectivity index (χ0) is 10.9. The number of allylic oxidation sites excluding steroid dienone is 1. The number of carbonyl (C=O) groups is 2. The largest absolute Gasteiger partial charge is 0.392 e. The monoisotopic (exact) mass is 208 g/mol. The van der Waals surface area contributed by atoms with E-state index in [9.17, 15) is 9.59 Å². The van der Waals surface area contributed by atoms with Crippen LogP contribution in [0.1, 0.15) is 39.0 Å². The van der Waals surface area contributed by atoms with Gasteiger partial charge in [0.15, 0.2) is 0 Å². The third-order valence-corrected chi connectivity index (χ3v) is 3.46. The van der Waals surface area contributed by atoms with E-state index >= 15 is 0 Å². The SMILES string of the molecule is CCCCC12C=CCCC1C(=O)OC2=O. The van der Waals surface area contributed by atoms with E-state index in [0.29, 0.717) is 0 Å². The smallest absolute Gasteiger partial charge is 0.324 e. The highest BCUT2D eigenvalue weighted by Gasteiger charge is 2.55. The van der Waals surface area contributed by atoms with E-state index in [0.717, 1.165) is 32.1 Å². The Balaban J connectivity index is 2.29. The Morgan fingerprint density at radius 3 is 3.07 bits per heavy atom. The van der Waals surface area contributed by atoms with Crippen molar-refractivity contribution in [3.05, 3.63) is 12.2 Å². The number of rotatable bonds is 3. The van der Waals surface area contributed by atoms with Crippen molar-refractivity contribution in [2.45, 2.75) is 39.0 Å². The van der Waals surface area contributed by atoms with Crippen molar-refractivity contribution in [2.75, 3.05) is 0 Å². The van der Waals surface area contributed by atoms with Crippen LogP contribution >= 0.6 is 0 Å². The molecule has 3 nitrogen and oxygen atoms in total. The highest BCUT2D eigenvalue weighted by molar-refractivity contribution is 6.00. The third kappa shape index (κ3) is 1.50. The minimum Gasteiger partial charge on any atom is -0.392 e. The first-order chi connectivity index (χ1) is 7.20. The lowest BCUT2D eigenvalue weighted by Gasteiger charge is -2.29. The van der Waals surface area contributed by atoms with Crippen LogP contribution in [0.2, 0.25) is 0 Å². The molecule has 2 aliphatic rings. The van der Waals surface area contributed by atoms with Crippen LogP contribution in [0.3, 0.4) is 0 Å². The fourth-order valence-corrected chi connectivity index (χ4v) is 2.56. The van der Waals surface area contributed by atoms with E-state index in [1.807, 2.05) is 12.2 Å². The molecule has 0 amide bonds. The molecule has 15 heavy (non-hydrogen) atoms. The number of ether oxygens (including phenoxy) is 1. The molecule has 1 aliphatic heterocycles. The van der Waals surface area contributed by atoms with Gasteiger partial charge in [-0.25, -0.2) is 0 Å². The number of unbranched alkanes of at least 4 members (excludes halogenated alkanes) is 1. The van der Waals surface area contributed by atoms with Gasteiger partial charge < -0.3 is 4.74 Å². The summed E-state index contributed by atoms with van der Waals surface area (Å²) in [6, 6.07) is 0. The molecule has 0 aromatic heterocycles. The van der Waals surface area contributed by atoms with Crippen LogP contribution in [0, 0.1) is 11.3 Å². The zero-order valence-corrected chi connectivity index (χ0v) is 8.99. The molecule has 0 saturated carbocycles. The first-order valence-electron chi connectivity index (χ1n) is 5.64. The number of hydrogen-bond donors (Lipinski definition) is 0. The standard InChI is InChI=1S/C12H16O3/c1-2-3-7-12-8-5-4-6-9(12)10(13)15-11(12)14/h5,8-9H,2-4,6-7H2,1H3. The second-order valence-electron chi connectivity index (χ2n) is 4.38. The minimum absolute atomic E-state index is 0.221. The van der Waals surface area contributed by atoms with Crippen molar-refractivity contribution in [1.29, 1.82) is 0 Å². The second-order valence-corrected chi connectivity index (χ2v) is 4.38. The molecular weight excluding hydrogens is 192 g/mol. The summed E-state index contributed by atoms with van der Waals surface area (Å²) in [4.78, 5) is 23.3. The molecule has 3 heteroatoms. The molecule has 0 bridgehead atoms. The molecule has 0 aromatic carbocycles. The van der Waals surface area contributed by atoms with E-state index in [1.165, 1.54) is 0 Å². The Hall–Kier alpha value is -1.12. The zero-order valence-electron chi connectivity index (χ0n) is 8.99. The van der Waals surface area contributed by atoms with Crippen molar-refractivity contribution >= 4 is 11.9 Å². The minimum atomic E-state index is -0.620. The first-order valence-corrected chi connectivity index (χ1v) is 5.64. The molecule has 0 spiro atoms. The molecule has 1 aliphatic carbocycles. The molecule has 0 N–H and O–H groups in total. The van der Waals surface area contributed by atoms with Gasteiger partial charge in [-0.15, -0.1) is 0 Å². The summed E-state index contributed by atoms with van der Waals surface area (Å²) in [5.74, 6) is -0.871. The van der Waals surface area contributed by atoms with Gasteiger partial charge >= 0.3 is 11.9 Å². The number of hydrogen-bond acceptors (Lipinski definition) is 3. The number of carbonyl (C=O) groups excluding carboxylic acids is 2. The Morgan fingerprint density at radius 1 is 1.53 bits per heavy atom. The van der Waals surface area contributed by atoms with E-state index in [1.54, 1.807) is 0 Å².